The molecule has 2 atom stereocenters. The zero-order valence-corrected chi connectivity index (χ0v) is 38.8. The van der Waals surface area contributed by atoms with E-state index >= 15 is 0 Å². The molecule has 0 spiro atoms. The van der Waals surface area contributed by atoms with Crippen LogP contribution in [0.25, 0.3) is 0 Å². The first-order chi connectivity index (χ1) is 27.2. The van der Waals surface area contributed by atoms with Crippen LogP contribution in [0.1, 0.15) is 254 Å². The Morgan fingerprint density at radius 3 is 1.21 bits per heavy atom. The summed E-state index contributed by atoms with van der Waals surface area (Å²) in [6, 6.07) is 0. The van der Waals surface area contributed by atoms with E-state index in [1.807, 2.05) is 0 Å². The van der Waals surface area contributed by atoms with Crippen molar-refractivity contribution in [3.63, 3.8) is 0 Å². The highest BCUT2D eigenvalue weighted by Gasteiger charge is 2.25. The molecule has 0 heterocycles. The van der Waals surface area contributed by atoms with Crippen molar-refractivity contribution in [1.82, 2.24) is 0 Å². The number of hydrogen-bond acceptors (Lipinski definition) is 6. The van der Waals surface area contributed by atoms with Crippen molar-refractivity contribution in [2.45, 2.75) is 260 Å². The fourth-order valence-corrected chi connectivity index (χ4v) is 7.48. The highest BCUT2D eigenvalue weighted by atomic mass is 16.5. The van der Waals surface area contributed by atoms with Crippen LogP contribution in [0.5, 0.6) is 0 Å². The van der Waals surface area contributed by atoms with Gasteiger partial charge in [-0.3, -0.25) is 9.59 Å². The Morgan fingerprint density at radius 1 is 0.411 bits per heavy atom. The van der Waals surface area contributed by atoms with Crippen LogP contribution < -0.4 is 0 Å². The van der Waals surface area contributed by atoms with E-state index in [1.165, 1.54) is 141 Å². The lowest BCUT2D eigenvalue weighted by Crippen LogP contribution is -2.34. The molecule has 2 unspecified atom stereocenters. The molecule has 0 aliphatic rings. The molecule has 334 valence electrons. The average molecular weight is 795 g/mol. The Morgan fingerprint density at radius 2 is 0.768 bits per heavy atom. The first kappa shape index (κ1) is 54.9. The molecule has 0 saturated carbocycles. The minimum atomic E-state index is -0.00918. The third kappa shape index (κ3) is 37.2. The van der Waals surface area contributed by atoms with E-state index in [4.69, 9.17) is 18.9 Å². The molecule has 0 N–H and O–H groups in total. The summed E-state index contributed by atoms with van der Waals surface area (Å²) in [5.41, 5.74) is 0.0521. The fraction of sp³-hybridized carbons (Fsp3) is 0.960. The van der Waals surface area contributed by atoms with Crippen LogP contribution in [-0.4, -0.2) is 51.1 Å². The van der Waals surface area contributed by atoms with E-state index in [9.17, 15) is 9.59 Å². The number of hydrogen-bond donors (Lipinski definition) is 0. The summed E-state index contributed by atoms with van der Waals surface area (Å²) in [5.74, 6) is 1.09. The molecule has 0 bridgehead atoms. The molecule has 0 aliphatic carbocycles. The quantitative estimate of drug-likeness (QED) is 0.0452. The molecule has 56 heavy (non-hydrogen) atoms. The van der Waals surface area contributed by atoms with Gasteiger partial charge in [-0.05, 0) is 68.6 Å². The van der Waals surface area contributed by atoms with Crippen LogP contribution in [0.2, 0.25) is 0 Å². The zero-order chi connectivity index (χ0) is 41.4. The van der Waals surface area contributed by atoms with Gasteiger partial charge in [-0.2, -0.15) is 0 Å². The van der Waals surface area contributed by atoms with Crippen molar-refractivity contribution in [1.29, 1.82) is 0 Å². The van der Waals surface area contributed by atoms with Gasteiger partial charge in [0.05, 0.1) is 25.9 Å². The van der Waals surface area contributed by atoms with Crippen molar-refractivity contribution in [2.75, 3.05) is 33.0 Å². The Hall–Kier alpha value is -1.14. The van der Waals surface area contributed by atoms with Gasteiger partial charge in [-0.15, -0.1) is 0 Å². The van der Waals surface area contributed by atoms with Gasteiger partial charge in [0.1, 0.15) is 0 Å². The summed E-state index contributed by atoms with van der Waals surface area (Å²) in [6.45, 7) is 19.2. The predicted octanol–water partition coefficient (Wildman–Crippen LogP) is 15.3. The maximum atomic E-state index is 12.4. The van der Waals surface area contributed by atoms with Crippen LogP contribution in [-0.2, 0) is 28.5 Å². The topological polar surface area (TPSA) is 71.1 Å². The van der Waals surface area contributed by atoms with Crippen LogP contribution in [0, 0.1) is 17.3 Å². The average Bonchev–Trinajstić information content (AvgIpc) is 3.17. The lowest BCUT2D eigenvalue weighted by Gasteiger charge is -2.30. The second-order valence-corrected chi connectivity index (χ2v) is 18.3. The normalized spacial score (nSPS) is 13.0. The highest BCUT2D eigenvalue weighted by molar-refractivity contribution is 5.69. The first-order valence-corrected chi connectivity index (χ1v) is 24.7. The van der Waals surface area contributed by atoms with E-state index in [2.05, 4.69) is 48.5 Å². The van der Waals surface area contributed by atoms with Crippen LogP contribution >= 0.6 is 0 Å². The molecule has 0 aromatic rings. The van der Waals surface area contributed by atoms with Gasteiger partial charge in [0.15, 0.2) is 0 Å². The van der Waals surface area contributed by atoms with E-state index < -0.39 is 0 Å². The molecule has 0 aliphatic heterocycles. The Bertz CT molecular complexity index is 828. The first-order valence-electron chi connectivity index (χ1n) is 24.7. The van der Waals surface area contributed by atoms with E-state index in [1.54, 1.807) is 0 Å². The Balaban J connectivity index is 3.85. The van der Waals surface area contributed by atoms with E-state index in [0.29, 0.717) is 44.5 Å². The van der Waals surface area contributed by atoms with Crippen molar-refractivity contribution in [2.24, 2.45) is 17.3 Å². The van der Waals surface area contributed by atoms with Crippen molar-refractivity contribution in [3.8, 4) is 0 Å². The highest BCUT2D eigenvalue weighted by Crippen LogP contribution is 2.24. The van der Waals surface area contributed by atoms with Gasteiger partial charge >= 0.3 is 11.9 Å². The Kier molecular flexibility index (Phi) is 39.8. The maximum absolute atomic E-state index is 12.4. The number of unbranched alkanes of at least 4 members (excludes halogenated alkanes) is 20. The summed E-state index contributed by atoms with van der Waals surface area (Å²) in [6.07, 6.45) is 37.3. The predicted molar refractivity (Wildman–Crippen MR) is 239 cm³/mol. The van der Waals surface area contributed by atoms with Gasteiger partial charge in [0.25, 0.3) is 0 Å². The molecule has 0 amide bonds. The molecule has 0 aromatic heterocycles. The third-order valence-corrected chi connectivity index (χ3v) is 11.6. The van der Waals surface area contributed by atoms with Gasteiger partial charge in [-0.1, -0.05) is 190 Å². The number of rotatable bonds is 43. The molecule has 0 radical (unpaired) electrons. The summed E-state index contributed by atoms with van der Waals surface area (Å²) < 4.78 is 23.8. The molecule has 6 nitrogen and oxygen atoms in total. The number of carbonyl (C=O) groups excluding carboxylic acids is 2. The number of esters is 2. The van der Waals surface area contributed by atoms with Gasteiger partial charge < -0.3 is 18.9 Å². The lowest BCUT2D eigenvalue weighted by atomic mass is 9.89. The summed E-state index contributed by atoms with van der Waals surface area (Å²) in [5, 5.41) is 0. The lowest BCUT2D eigenvalue weighted by molar-refractivity contribution is -0.146. The summed E-state index contributed by atoms with van der Waals surface area (Å²) in [4.78, 5) is 24.7. The molecule has 0 aromatic carbocycles. The van der Waals surface area contributed by atoms with Crippen LogP contribution in [0.4, 0.5) is 0 Å². The molecular formula is C50H98O6. The van der Waals surface area contributed by atoms with E-state index in [0.717, 1.165) is 64.6 Å². The molecule has 0 fully saturated rings. The van der Waals surface area contributed by atoms with Gasteiger partial charge in [0.2, 0.25) is 0 Å². The SMILES string of the molecule is CCCCCCC(CCCC)COC(=O)CCCCCCCCCCCOCC(OCCCCCCCC(=O)OCC(CCCCC)CCCCC)C(C)(C)C. The number of carbonyl (C=O) groups is 2. The fourth-order valence-electron chi connectivity index (χ4n) is 7.48. The standard InChI is InChI=1S/C50H98O6/c1-8-12-16-29-37-45(34-15-11-4)42-55-48(51)38-30-23-20-18-17-19-21-25-32-40-53-44-47(50(5,6)7)54-41-33-26-22-24-31-39-49(52)56-43-46(35-27-13-9-2)36-28-14-10-3/h45-47H,8-44H2,1-7H3. The molecule has 6 heteroatoms. The molecule has 0 saturated heterocycles. The summed E-state index contributed by atoms with van der Waals surface area (Å²) in [7, 11) is 0. The molecule has 0 rings (SSSR count). The maximum Gasteiger partial charge on any atom is 0.305 e. The van der Waals surface area contributed by atoms with Crippen molar-refractivity contribution in [3.05, 3.63) is 0 Å². The van der Waals surface area contributed by atoms with Crippen molar-refractivity contribution < 1.29 is 28.5 Å². The smallest absolute Gasteiger partial charge is 0.305 e. The van der Waals surface area contributed by atoms with E-state index in [-0.39, 0.29) is 23.5 Å². The van der Waals surface area contributed by atoms with Gasteiger partial charge in [0, 0.05) is 26.1 Å². The van der Waals surface area contributed by atoms with Gasteiger partial charge in [-0.25, -0.2) is 0 Å². The summed E-state index contributed by atoms with van der Waals surface area (Å²) >= 11 is 0. The largest absolute Gasteiger partial charge is 0.465 e. The second kappa shape index (κ2) is 40.6. The molecular weight excluding hydrogens is 697 g/mol. The third-order valence-electron chi connectivity index (χ3n) is 11.6. The monoisotopic (exact) mass is 795 g/mol. The minimum Gasteiger partial charge on any atom is -0.465 e. The zero-order valence-electron chi connectivity index (χ0n) is 38.8. The van der Waals surface area contributed by atoms with Crippen LogP contribution in [0.15, 0.2) is 0 Å². The van der Waals surface area contributed by atoms with Crippen molar-refractivity contribution >= 4 is 11.9 Å². The minimum absolute atomic E-state index is 0.00918. The number of ether oxygens (including phenoxy) is 4. The second-order valence-electron chi connectivity index (χ2n) is 18.3. The Labute approximate surface area is 349 Å². The van der Waals surface area contributed by atoms with Crippen LogP contribution in [0.3, 0.4) is 0 Å².